The van der Waals surface area contributed by atoms with E-state index in [4.69, 9.17) is 0 Å². The van der Waals surface area contributed by atoms with Gasteiger partial charge in [-0.1, -0.05) is 13.3 Å². The van der Waals surface area contributed by atoms with E-state index in [1.807, 2.05) is 4.68 Å². The molecule has 0 bridgehead atoms. The Morgan fingerprint density at radius 1 is 1.46 bits per heavy atom. The molecule has 0 unspecified atom stereocenters. The first-order valence-electron chi connectivity index (χ1n) is 4.99. The molecule has 1 aromatic rings. The Bertz CT molecular complexity index is 268. The maximum absolute atomic E-state index is 4.23. The van der Waals surface area contributed by atoms with Crippen molar-refractivity contribution in [2.75, 3.05) is 13.1 Å². The summed E-state index contributed by atoms with van der Waals surface area (Å²) in [6, 6.07) is 0. The lowest BCUT2D eigenvalue weighted by molar-refractivity contribution is 0.207. The summed E-state index contributed by atoms with van der Waals surface area (Å²) in [5.74, 6) is 1.11. The van der Waals surface area contributed by atoms with Gasteiger partial charge in [0.25, 0.3) is 0 Å². The van der Waals surface area contributed by atoms with Crippen molar-refractivity contribution in [3.05, 3.63) is 12.2 Å². The van der Waals surface area contributed by atoms with Crippen LogP contribution in [-0.2, 0) is 13.1 Å². The number of unbranched alkanes of at least 4 members (excludes halogenated alkanes) is 1. The Morgan fingerprint density at radius 3 is 3.23 bits per heavy atom. The van der Waals surface area contributed by atoms with Gasteiger partial charge in [0.15, 0.2) is 0 Å². The maximum Gasteiger partial charge on any atom is 0.141 e. The van der Waals surface area contributed by atoms with Gasteiger partial charge in [-0.05, 0) is 13.0 Å². The van der Waals surface area contributed by atoms with E-state index in [2.05, 4.69) is 21.9 Å². The van der Waals surface area contributed by atoms with Gasteiger partial charge in [0.1, 0.15) is 12.2 Å². The van der Waals surface area contributed by atoms with Crippen molar-refractivity contribution >= 4 is 0 Å². The van der Waals surface area contributed by atoms with Crippen molar-refractivity contribution in [1.82, 2.24) is 19.7 Å². The molecule has 0 atom stereocenters. The van der Waals surface area contributed by atoms with Gasteiger partial charge in [-0.3, -0.25) is 4.90 Å². The molecule has 4 nitrogen and oxygen atoms in total. The molecule has 0 N–H and O–H groups in total. The van der Waals surface area contributed by atoms with Gasteiger partial charge < -0.3 is 0 Å². The number of hydrogen-bond acceptors (Lipinski definition) is 3. The van der Waals surface area contributed by atoms with Crippen LogP contribution in [-0.4, -0.2) is 32.8 Å². The first-order valence-corrected chi connectivity index (χ1v) is 4.99. The second-order valence-electron chi connectivity index (χ2n) is 3.53. The topological polar surface area (TPSA) is 34.0 Å². The largest absolute Gasteiger partial charge is 0.294 e. The third kappa shape index (κ3) is 1.88. The Morgan fingerprint density at radius 2 is 2.38 bits per heavy atom. The summed E-state index contributed by atoms with van der Waals surface area (Å²) < 4.78 is 2.00. The molecule has 0 radical (unpaired) electrons. The third-order valence-corrected chi connectivity index (χ3v) is 2.52. The lowest BCUT2D eigenvalue weighted by Crippen LogP contribution is -2.34. The van der Waals surface area contributed by atoms with Crippen LogP contribution >= 0.6 is 0 Å². The second kappa shape index (κ2) is 3.87. The molecule has 4 heteroatoms. The van der Waals surface area contributed by atoms with Crippen molar-refractivity contribution in [2.24, 2.45) is 0 Å². The van der Waals surface area contributed by atoms with E-state index >= 15 is 0 Å². The third-order valence-electron chi connectivity index (χ3n) is 2.52. The van der Waals surface area contributed by atoms with E-state index in [0.717, 1.165) is 25.5 Å². The second-order valence-corrected chi connectivity index (χ2v) is 3.53. The van der Waals surface area contributed by atoms with Crippen molar-refractivity contribution < 1.29 is 0 Å². The van der Waals surface area contributed by atoms with E-state index in [1.54, 1.807) is 6.33 Å². The van der Waals surface area contributed by atoms with Crippen LogP contribution in [0.15, 0.2) is 6.33 Å². The van der Waals surface area contributed by atoms with Crippen molar-refractivity contribution in [2.45, 2.75) is 32.9 Å². The summed E-state index contributed by atoms with van der Waals surface area (Å²) in [4.78, 5) is 6.68. The van der Waals surface area contributed by atoms with Gasteiger partial charge in [-0.25, -0.2) is 9.67 Å². The van der Waals surface area contributed by atoms with E-state index in [-0.39, 0.29) is 0 Å². The predicted molar refractivity (Wildman–Crippen MR) is 50.2 cm³/mol. The number of hydrogen-bond donors (Lipinski definition) is 0. The normalized spacial score (nSPS) is 17.3. The van der Waals surface area contributed by atoms with Crippen LogP contribution in [0, 0.1) is 0 Å². The molecular weight excluding hydrogens is 164 g/mol. The van der Waals surface area contributed by atoms with Crippen LogP contribution in [0.2, 0.25) is 0 Å². The Hall–Kier alpha value is -0.900. The van der Waals surface area contributed by atoms with E-state index < -0.39 is 0 Å². The molecule has 0 aliphatic carbocycles. The van der Waals surface area contributed by atoms with E-state index in [1.165, 1.54) is 19.4 Å². The van der Waals surface area contributed by atoms with Crippen LogP contribution < -0.4 is 0 Å². The Balaban J connectivity index is 1.93. The highest BCUT2D eigenvalue weighted by molar-refractivity contribution is 4.88. The molecule has 0 aromatic carbocycles. The van der Waals surface area contributed by atoms with Gasteiger partial charge >= 0.3 is 0 Å². The minimum Gasteiger partial charge on any atom is -0.294 e. The number of fused-ring (bicyclic) bond motifs is 1. The molecule has 2 rings (SSSR count). The zero-order valence-electron chi connectivity index (χ0n) is 8.11. The standard InChI is InChI=1S/C9H16N4/c1-2-3-4-12-5-6-13-9(7-12)10-8-11-13/h8H,2-7H2,1H3. The van der Waals surface area contributed by atoms with Gasteiger partial charge in [-0.15, -0.1) is 0 Å². The van der Waals surface area contributed by atoms with Gasteiger partial charge in [-0.2, -0.15) is 5.10 Å². The van der Waals surface area contributed by atoms with Crippen molar-refractivity contribution in [3.8, 4) is 0 Å². The SMILES string of the molecule is CCCCN1CCn2ncnc2C1. The van der Waals surface area contributed by atoms with Crippen LogP contribution in [0.4, 0.5) is 0 Å². The fourth-order valence-corrected chi connectivity index (χ4v) is 1.69. The fourth-order valence-electron chi connectivity index (χ4n) is 1.69. The number of nitrogens with zero attached hydrogens (tertiary/aromatic N) is 4. The monoisotopic (exact) mass is 180 g/mol. The lowest BCUT2D eigenvalue weighted by atomic mass is 10.3. The zero-order chi connectivity index (χ0) is 9.10. The molecule has 0 spiro atoms. The number of rotatable bonds is 3. The number of aromatic nitrogens is 3. The average Bonchev–Trinajstić information content (AvgIpc) is 2.61. The molecule has 0 saturated heterocycles. The first-order chi connectivity index (χ1) is 6.40. The predicted octanol–water partition coefficient (Wildman–Crippen LogP) is 0.894. The molecule has 72 valence electrons. The highest BCUT2D eigenvalue weighted by atomic mass is 15.4. The highest BCUT2D eigenvalue weighted by Gasteiger charge is 2.16. The van der Waals surface area contributed by atoms with Crippen LogP contribution in [0.3, 0.4) is 0 Å². The molecule has 1 aromatic heterocycles. The summed E-state index contributed by atoms with van der Waals surface area (Å²) >= 11 is 0. The van der Waals surface area contributed by atoms with Gasteiger partial charge in [0.2, 0.25) is 0 Å². The van der Waals surface area contributed by atoms with Crippen LogP contribution in [0.25, 0.3) is 0 Å². The summed E-state index contributed by atoms with van der Waals surface area (Å²) in [6.45, 7) is 6.52. The highest BCUT2D eigenvalue weighted by Crippen LogP contribution is 2.08. The molecule has 0 fully saturated rings. The molecule has 0 amide bonds. The molecule has 1 aliphatic heterocycles. The van der Waals surface area contributed by atoms with Crippen molar-refractivity contribution in [1.29, 1.82) is 0 Å². The van der Waals surface area contributed by atoms with E-state index in [0.29, 0.717) is 0 Å². The summed E-state index contributed by atoms with van der Waals surface area (Å²) in [5, 5.41) is 4.15. The minimum absolute atomic E-state index is 0.972. The molecule has 0 saturated carbocycles. The summed E-state index contributed by atoms with van der Waals surface area (Å²) in [7, 11) is 0. The lowest BCUT2D eigenvalue weighted by Gasteiger charge is -2.26. The minimum atomic E-state index is 0.972. The first kappa shape index (κ1) is 8.69. The Kier molecular flexibility index (Phi) is 2.59. The smallest absolute Gasteiger partial charge is 0.141 e. The Labute approximate surface area is 78.6 Å². The van der Waals surface area contributed by atoms with Crippen LogP contribution in [0.5, 0.6) is 0 Å². The van der Waals surface area contributed by atoms with Gasteiger partial charge in [0, 0.05) is 6.54 Å². The maximum atomic E-state index is 4.23. The molecule has 13 heavy (non-hydrogen) atoms. The molecule has 1 aliphatic rings. The fraction of sp³-hybridized carbons (Fsp3) is 0.778. The average molecular weight is 180 g/mol. The zero-order valence-corrected chi connectivity index (χ0v) is 8.11. The summed E-state index contributed by atoms with van der Waals surface area (Å²) in [5.41, 5.74) is 0. The van der Waals surface area contributed by atoms with Crippen molar-refractivity contribution in [3.63, 3.8) is 0 Å². The van der Waals surface area contributed by atoms with E-state index in [9.17, 15) is 0 Å². The quantitative estimate of drug-likeness (QED) is 0.693. The molecular formula is C9H16N4. The molecule has 2 heterocycles. The van der Waals surface area contributed by atoms with Crippen LogP contribution in [0.1, 0.15) is 25.6 Å². The van der Waals surface area contributed by atoms with Gasteiger partial charge in [0.05, 0.1) is 13.1 Å². The summed E-state index contributed by atoms with van der Waals surface area (Å²) in [6.07, 6.45) is 4.20.